The Morgan fingerprint density at radius 1 is 1.73 bits per heavy atom. The summed E-state index contributed by atoms with van der Waals surface area (Å²) in [5, 5.41) is 7.05. The molecule has 1 N–H and O–H groups in total. The summed E-state index contributed by atoms with van der Waals surface area (Å²) in [6, 6.07) is 0. The lowest BCUT2D eigenvalue weighted by molar-refractivity contribution is -0.134. The normalized spacial score (nSPS) is 10.5. The Morgan fingerprint density at radius 2 is 2.53 bits per heavy atom. The third-order valence-corrected chi connectivity index (χ3v) is 1.68. The highest BCUT2D eigenvalue weighted by molar-refractivity contribution is 5.81. The standard InChI is InChI=1S/C9H14N4O2/c1-13-7-11-8(12-13)3-5-10-6-4-9(14)15-2/h4,6-7,10H,3,5H2,1-2H3/b6-4+. The van der Waals surface area contributed by atoms with Crippen molar-refractivity contribution in [1.29, 1.82) is 0 Å². The number of aromatic nitrogens is 3. The monoisotopic (exact) mass is 210 g/mol. The third-order valence-electron chi connectivity index (χ3n) is 1.68. The first-order valence-corrected chi connectivity index (χ1v) is 4.55. The number of hydrogen-bond acceptors (Lipinski definition) is 5. The molecule has 0 radical (unpaired) electrons. The van der Waals surface area contributed by atoms with Crippen LogP contribution in [0.1, 0.15) is 5.82 Å². The predicted octanol–water partition coefficient (Wildman–Crippen LogP) is -0.366. The number of nitrogens with one attached hydrogen (secondary N) is 1. The van der Waals surface area contributed by atoms with E-state index >= 15 is 0 Å². The van der Waals surface area contributed by atoms with Crippen LogP contribution < -0.4 is 5.32 Å². The molecule has 0 aliphatic heterocycles. The molecular formula is C9H14N4O2. The van der Waals surface area contributed by atoms with E-state index in [1.54, 1.807) is 17.2 Å². The lowest BCUT2D eigenvalue weighted by Crippen LogP contribution is -2.11. The van der Waals surface area contributed by atoms with Gasteiger partial charge in [-0.25, -0.2) is 9.78 Å². The maximum atomic E-state index is 10.7. The first-order valence-electron chi connectivity index (χ1n) is 4.55. The second-order valence-electron chi connectivity index (χ2n) is 2.90. The second-order valence-corrected chi connectivity index (χ2v) is 2.90. The molecule has 1 heterocycles. The summed E-state index contributed by atoms with van der Waals surface area (Å²) in [5.41, 5.74) is 0. The maximum absolute atomic E-state index is 10.7. The molecule has 1 aromatic rings. The number of carbonyl (C=O) groups is 1. The minimum atomic E-state index is -0.376. The van der Waals surface area contributed by atoms with Gasteiger partial charge in [0.25, 0.3) is 0 Å². The predicted molar refractivity (Wildman–Crippen MR) is 53.9 cm³/mol. The van der Waals surface area contributed by atoms with Crippen molar-refractivity contribution in [1.82, 2.24) is 20.1 Å². The zero-order valence-corrected chi connectivity index (χ0v) is 8.80. The quantitative estimate of drug-likeness (QED) is 0.408. The highest BCUT2D eigenvalue weighted by atomic mass is 16.5. The van der Waals surface area contributed by atoms with Crippen LogP contribution in [-0.4, -0.2) is 34.4 Å². The van der Waals surface area contributed by atoms with Crippen molar-refractivity contribution in [3.8, 4) is 0 Å². The Balaban J connectivity index is 2.17. The average molecular weight is 210 g/mol. The van der Waals surface area contributed by atoms with Crippen molar-refractivity contribution in [3.63, 3.8) is 0 Å². The number of nitrogens with zero attached hydrogens (tertiary/aromatic N) is 3. The van der Waals surface area contributed by atoms with Gasteiger partial charge in [0.2, 0.25) is 0 Å². The largest absolute Gasteiger partial charge is 0.466 e. The van der Waals surface area contributed by atoms with Gasteiger partial charge < -0.3 is 10.1 Å². The Labute approximate surface area is 87.9 Å². The molecule has 0 saturated heterocycles. The fourth-order valence-corrected chi connectivity index (χ4v) is 0.961. The van der Waals surface area contributed by atoms with Gasteiger partial charge in [-0.2, -0.15) is 5.10 Å². The second kappa shape index (κ2) is 5.79. The van der Waals surface area contributed by atoms with Crippen molar-refractivity contribution in [2.45, 2.75) is 6.42 Å². The lowest BCUT2D eigenvalue weighted by Gasteiger charge is -1.96. The summed E-state index contributed by atoms with van der Waals surface area (Å²) in [6.07, 6.45) is 5.24. The maximum Gasteiger partial charge on any atom is 0.331 e. The van der Waals surface area contributed by atoms with Gasteiger partial charge in [-0.05, 0) is 0 Å². The average Bonchev–Trinajstić information content (AvgIpc) is 2.63. The lowest BCUT2D eigenvalue weighted by atomic mass is 10.4. The molecule has 0 saturated carbocycles. The number of aryl methyl sites for hydroxylation is 1. The van der Waals surface area contributed by atoms with E-state index in [1.165, 1.54) is 13.2 Å². The molecule has 0 unspecified atom stereocenters. The summed E-state index contributed by atoms with van der Waals surface area (Å²) >= 11 is 0. The van der Waals surface area contributed by atoms with Crippen molar-refractivity contribution < 1.29 is 9.53 Å². The zero-order valence-electron chi connectivity index (χ0n) is 8.80. The smallest absolute Gasteiger partial charge is 0.331 e. The fourth-order valence-electron chi connectivity index (χ4n) is 0.961. The molecule has 1 aromatic heterocycles. The van der Waals surface area contributed by atoms with Gasteiger partial charge in [-0.15, -0.1) is 0 Å². The van der Waals surface area contributed by atoms with Crippen LogP contribution in [-0.2, 0) is 23.0 Å². The molecule has 0 aliphatic carbocycles. The molecule has 0 spiro atoms. The fraction of sp³-hybridized carbons (Fsp3) is 0.444. The number of ether oxygens (including phenoxy) is 1. The molecule has 15 heavy (non-hydrogen) atoms. The summed E-state index contributed by atoms with van der Waals surface area (Å²) in [7, 11) is 3.16. The SMILES string of the molecule is COC(=O)/C=C/NCCc1ncn(C)n1. The number of esters is 1. The molecule has 1 rings (SSSR count). The van der Waals surface area contributed by atoms with Crippen LogP contribution in [0.3, 0.4) is 0 Å². The van der Waals surface area contributed by atoms with Crippen molar-refractivity contribution in [2.24, 2.45) is 7.05 Å². The first kappa shape index (κ1) is 11.2. The van der Waals surface area contributed by atoms with Gasteiger partial charge in [-0.1, -0.05) is 0 Å². The van der Waals surface area contributed by atoms with Gasteiger partial charge >= 0.3 is 5.97 Å². The van der Waals surface area contributed by atoms with Crippen LogP contribution >= 0.6 is 0 Å². The van der Waals surface area contributed by atoms with Crippen LogP contribution in [0.25, 0.3) is 0 Å². The number of methoxy groups -OCH3 is 1. The van der Waals surface area contributed by atoms with E-state index in [1.807, 2.05) is 7.05 Å². The van der Waals surface area contributed by atoms with E-state index in [0.717, 1.165) is 5.82 Å². The highest BCUT2D eigenvalue weighted by Crippen LogP contribution is 1.87. The summed E-state index contributed by atoms with van der Waals surface area (Å²) in [6.45, 7) is 0.678. The highest BCUT2D eigenvalue weighted by Gasteiger charge is 1.96. The van der Waals surface area contributed by atoms with Gasteiger partial charge in [0.1, 0.15) is 6.33 Å². The molecular weight excluding hydrogens is 196 g/mol. The molecule has 0 aromatic carbocycles. The van der Waals surface area contributed by atoms with Gasteiger partial charge in [0, 0.05) is 32.3 Å². The zero-order chi connectivity index (χ0) is 11.1. The van der Waals surface area contributed by atoms with E-state index in [0.29, 0.717) is 13.0 Å². The minimum Gasteiger partial charge on any atom is -0.466 e. The van der Waals surface area contributed by atoms with E-state index in [-0.39, 0.29) is 5.97 Å². The van der Waals surface area contributed by atoms with Crippen LogP contribution in [0.5, 0.6) is 0 Å². The molecule has 0 bridgehead atoms. The van der Waals surface area contributed by atoms with Crippen LogP contribution in [0, 0.1) is 0 Å². The minimum absolute atomic E-state index is 0.376. The molecule has 82 valence electrons. The van der Waals surface area contributed by atoms with Gasteiger partial charge in [-0.3, -0.25) is 4.68 Å². The summed E-state index contributed by atoms with van der Waals surface area (Å²) < 4.78 is 6.08. The first-order chi connectivity index (χ1) is 7.22. The van der Waals surface area contributed by atoms with E-state index in [4.69, 9.17) is 0 Å². The van der Waals surface area contributed by atoms with Crippen LogP contribution in [0.15, 0.2) is 18.6 Å². The Kier molecular flexibility index (Phi) is 4.33. The third kappa shape index (κ3) is 4.26. The molecule has 0 atom stereocenters. The van der Waals surface area contributed by atoms with Crippen molar-refractivity contribution >= 4 is 5.97 Å². The topological polar surface area (TPSA) is 69.0 Å². The van der Waals surface area contributed by atoms with Crippen molar-refractivity contribution in [3.05, 3.63) is 24.4 Å². The molecule has 0 amide bonds. The Hall–Kier alpha value is -1.85. The molecule has 0 fully saturated rings. The summed E-state index contributed by atoms with van der Waals surface area (Å²) in [5.74, 6) is 0.398. The van der Waals surface area contributed by atoms with E-state index in [9.17, 15) is 4.79 Å². The molecule has 6 nitrogen and oxygen atoms in total. The Morgan fingerprint density at radius 3 is 3.13 bits per heavy atom. The van der Waals surface area contributed by atoms with E-state index < -0.39 is 0 Å². The Bertz CT molecular complexity index is 346. The van der Waals surface area contributed by atoms with E-state index in [2.05, 4.69) is 20.1 Å². The number of rotatable bonds is 5. The van der Waals surface area contributed by atoms with Gasteiger partial charge in [0.05, 0.1) is 7.11 Å². The van der Waals surface area contributed by atoms with Gasteiger partial charge in [0.15, 0.2) is 5.82 Å². The molecule has 0 aliphatic rings. The summed E-state index contributed by atoms with van der Waals surface area (Å²) in [4.78, 5) is 14.7. The number of hydrogen-bond donors (Lipinski definition) is 1. The van der Waals surface area contributed by atoms with Crippen LogP contribution in [0.4, 0.5) is 0 Å². The van der Waals surface area contributed by atoms with Crippen molar-refractivity contribution in [2.75, 3.05) is 13.7 Å². The molecule has 6 heteroatoms. The number of carbonyl (C=O) groups excluding carboxylic acids is 1. The van der Waals surface area contributed by atoms with Crippen LogP contribution in [0.2, 0.25) is 0 Å².